The normalized spacial score (nSPS) is 21.3. The van der Waals surface area contributed by atoms with Crippen molar-refractivity contribution >= 4 is 11.7 Å². The first-order valence-electron chi connectivity index (χ1n) is 10.3. The number of morpholine rings is 1. The molecule has 2 aromatic rings. The van der Waals surface area contributed by atoms with Gasteiger partial charge in [0.2, 0.25) is 0 Å². The number of benzene rings is 1. The summed E-state index contributed by atoms with van der Waals surface area (Å²) in [5, 5.41) is 0. The summed E-state index contributed by atoms with van der Waals surface area (Å²) in [6.07, 6.45) is 3.64. The summed E-state index contributed by atoms with van der Waals surface area (Å²) in [6, 6.07) is 9.89. The van der Waals surface area contributed by atoms with Gasteiger partial charge in [-0.3, -0.25) is 4.79 Å². The topological polar surface area (TPSA) is 64.1 Å². The number of aromatic nitrogens is 1. The summed E-state index contributed by atoms with van der Waals surface area (Å²) in [6.45, 7) is 4.99. The highest BCUT2D eigenvalue weighted by Crippen LogP contribution is 2.38. The Morgan fingerprint density at radius 2 is 1.79 bits per heavy atom. The summed E-state index contributed by atoms with van der Waals surface area (Å²) in [5.74, 6) is 2.47. The molecule has 0 aliphatic carbocycles. The number of nitrogens with zero attached hydrogens (tertiary/aromatic N) is 3. The van der Waals surface area contributed by atoms with E-state index >= 15 is 0 Å². The van der Waals surface area contributed by atoms with Gasteiger partial charge in [-0.25, -0.2) is 4.98 Å². The molecule has 4 heterocycles. The third kappa shape index (κ3) is 3.62. The van der Waals surface area contributed by atoms with Crippen LogP contribution in [0.5, 0.6) is 11.5 Å². The average Bonchev–Trinajstić information content (AvgIpc) is 3.29. The fourth-order valence-electron chi connectivity index (χ4n) is 4.28. The van der Waals surface area contributed by atoms with Crippen molar-refractivity contribution in [3.8, 4) is 11.5 Å². The standard InChI is InChI=1S/C22H25N3O4/c26-22(17-4-6-21(23-15-17)24-8-10-27-11-9-24)25-7-1-2-18(25)16-3-5-19-20(14-16)29-13-12-28-19/h3-6,14-15,18H,1-2,7-13H2. The number of carbonyl (C=O) groups excluding carboxylic acids is 1. The van der Waals surface area contributed by atoms with Crippen LogP contribution in [0.3, 0.4) is 0 Å². The maximum absolute atomic E-state index is 13.2. The van der Waals surface area contributed by atoms with E-state index in [0.29, 0.717) is 32.0 Å². The molecule has 7 nitrogen and oxygen atoms in total. The molecule has 1 amide bonds. The number of rotatable bonds is 3. The lowest BCUT2D eigenvalue weighted by Crippen LogP contribution is -2.36. The van der Waals surface area contributed by atoms with Crippen LogP contribution in [-0.2, 0) is 4.74 Å². The van der Waals surface area contributed by atoms with Crippen LogP contribution >= 0.6 is 0 Å². The largest absolute Gasteiger partial charge is 0.486 e. The van der Waals surface area contributed by atoms with Crippen LogP contribution in [0.1, 0.15) is 34.8 Å². The van der Waals surface area contributed by atoms with Gasteiger partial charge >= 0.3 is 0 Å². The van der Waals surface area contributed by atoms with Crippen molar-refractivity contribution < 1.29 is 19.0 Å². The SMILES string of the molecule is O=C(c1ccc(N2CCOCC2)nc1)N1CCCC1c1ccc2c(c1)OCCO2. The van der Waals surface area contributed by atoms with Crippen molar-refractivity contribution in [2.24, 2.45) is 0 Å². The van der Waals surface area contributed by atoms with Gasteiger partial charge in [-0.1, -0.05) is 6.07 Å². The van der Waals surface area contributed by atoms with E-state index in [4.69, 9.17) is 14.2 Å². The van der Waals surface area contributed by atoms with Crippen LogP contribution in [0.15, 0.2) is 36.5 Å². The zero-order valence-corrected chi connectivity index (χ0v) is 16.4. The molecule has 2 saturated heterocycles. The van der Waals surface area contributed by atoms with Crippen LogP contribution < -0.4 is 14.4 Å². The van der Waals surface area contributed by atoms with Gasteiger partial charge in [-0.15, -0.1) is 0 Å². The Hall–Kier alpha value is -2.80. The smallest absolute Gasteiger partial charge is 0.255 e. The maximum Gasteiger partial charge on any atom is 0.255 e. The molecule has 0 radical (unpaired) electrons. The van der Waals surface area contributed by atoms with E-state index in [1.807, 2.05) is 35.2 Å². The molecule has 0 spiro atoms. The van der Waals surface area contributed by atoms with Gasteiger partial charge in [0.25, 0.3) is 5.91 Å². The molecule has 29 heavy (non-hydrogen) atoms. The number of fused-ring (bicyclic) bond motifs is 1. The predicted molar refractivity (Wildman–Crippen MR) is 108 cm³/mol. The lowest BCUT2D eigenvalue weighted by Gasteiger charge is -2.28. The van der Waals surface area contributed by atoms with Gasteiger partial charge < -0.3 is 24.0 Å². The number of amides is 1. The molecule has 3 aliphatic rings. The van der Waals surface area contributed by atoms with Gasteiger partial charge in [0.1, 0.15) is 19.0 Å². The highest BCUT2D eigenvalue weighted by Gasteiger charge is 2.31. The van der Waals surface area contributed by atoms with Crippen LogP contribution in [0.25, 0.3) is 0 Å². The van der Waals surface area contributed by atoms with Gasteiger partial charge in [-0.05, 0) is 42.7 Å². The Bertz CT molecular complexity index is 880. The second-order valence-electron chi connectivity index (χ2n) is 7.56. The van der Waals surface area contributed by atoms with Gasteiger partial charge in [-0.2, -0.15) is 0 Å². The second kappa shape index (κ2) is 7.91. The summed E-state index contributed by atoms with van der Waals surface area (Å²) < 4.78 is 16.7. The minimum atomic E-state index is 0.0309. The minimum absolute atomic E-state index is 0.0309. The van der Waals surface area contributed by atoms with E-state index in [2.05, 4.69) is 9.88 Å². The molecular weight excluding hydrogens is 370 g/mol. The third-order valence-electron chi connectivity index (χ3n) is 5.79. The first-order chi connectivity index (χ1) is 14.3. The molecule has 1 aromatic carbocycles. The number of likely N-dealkylation sites (tertiary alicyclic amines) is 1. The molecule has 0 bridgehead atoms. The molecule has 2 fully saturated rings. The van der Waals surface area contributed by atoms with Crippen molar-refractivity contribution in [1.82, 2.24) is 9.88 Å². The first-order valence-corrected chi connectivity index (χ1v) is 10.3. The summed E-state index contributed by atoms with van der Waals surface area (Å²) in [4.78, 5) is 21.9. The Kier molecular flexibility index (Phi) is 4.97. The van der Waals surface area contributed by atoms with E-state index in [1.54, 1.807) is 6.20 Å². The zero-order valence-electron chi connectivity index (χ0n) is 16.4. The lowest BCUT2D eigenvalue weighted by atomic mass is 10.0. The Morgan fingerprint density at radius 3 is 2.59 bits per heavy atom. The Morgan fingerprint density at radius 1 is 0.966 bits per heavy atom. The van der Waals surface area contributed by atoms with Gasteiger partial charge in [0.15, 0.2) is 11.5 Å². The molecule has 1 unspecified atom stereocenters. The van der Waals surface area contributed by atoms with Crippen molar-refractivity contribution in [2.45, 2.75) is 18.9 Å². The zero-order chi connectivity index (χ0) is 19.6. The second-order valence-corrected chi connectivity index (χ2v) is 7.56. The van der Waals surface area contributed by atoms with E-state index in [9.17, 15) is 4.79 Å². The highest BCUT2D eigenvalue weighted by molar-refractivity contribution is 5.94. The summed E-state index contributed by atoms with van der Waals surface area (Å²) >= 11 is 0. The maximum atomic E-state index is 13.2. The molecule has 0 saturated carbocycles. The van der Waals surface area contributed by atoms with Crippen molar-refractivity contribution in [1.29, 1.82) is 0 Å². The minimum Gasteiger partial charge on any atom is -0.486 e. The van der Waals surface area contributed by atoms with E-state index < -0.39 is 0 Å². The fourth-order valence-corrected chi connectivity index (χ4v) is 4.28. The molecule has 0 N–H and O–H groups in total. The van der Waals surface area contributed by atoms with Crippen LogP contribution in [0, 0.1) is 0 Å². The molecule has 1 atom stereocenters. The summed E-state index contributed by atoms with van der Waals surface area (Å²) in [7, 11) is 0. The van der Waals surface area contributed by atoms with Crippen molar-refractivity contribution in [3.63, 3.8) is 0 Å². The molecule has 152 valence electrons. The monoisotopic (exact) mass is 395 g/mol. The number of pyridine rings is 1. The highest BCUT2D eigenvalue weighted by atomic mass is 16.6. The van der Waals surface area contributed by atoms with Crippen molar-refractivity contribution in [3.05, 3.63) is 47.7 Å². The molecule has 7 heteroatoms. The van der Waals surface area contributed by atoms with Crippen LogP contribution in [0.4, 0.5) is 5.82 Å². The Labute approximate surface area is 170 Å². The molecule has 3 aliphatic heterocycles. The number of hydrogen-bond acceptors (Lipinski definition) is 6. The third-order valence-corrected chi connectivity index (χ3v) is 5.79. The van der Waals surface area contributed by atoms with E-state index in [0.717, 1.165) is 55.4 Å². The lowest BCUT2D eigenvalue weighted by molar-refractivity contribution is 0.0734. The summed E-state index contributed by atoms with van der Waals surface area (Å²) in [5.41, 5.74) is 1.73. The quantitative estimate of drug-likeness (QED) is 0.796. The fraction of sp³-hybridized carbons (Fsp3) is 0.455. The average molecular weight is 395 g/mol. The van der Waals surface area contributed by atoms with Crippen LogP contribution in [-0.4, -0.2) is 61.9 Å². The number of anilines is 1. The predicted octanol–water partition coefficient (Wildman–Crippen LogP) is 2.67. The molecule has 1 aromatic heterocycles. The number of ether oxygens (including phenoxy) is 3. The van der Waals surface area contributed by atoms with E-state index in [-0.39, 0.29) is 11.9 Å². The van der Waals surface area contributed by atoms with Gasteiger partial charge in [0, 0.05) is 25.8 Å². The number of carbonyl (C=O) groups is 1. The van der Waals surface area contributed by atoms with E-state index in [1.165, 1.54) is 0 Å². The van der Waals surface area contributed by atoms with Gasteiger partial charge in [0.05, 0.1) is 24.8 Å². The van der Waals surface area contributed by atoms with Crippen molar-refractivity contribution in [2.75, 3.05) is 51.0 Å². The number of hydrogen-bond donors (Lipinski definition) is 0. The first kappa shape index (κ1) is 18.2. The molecule has 5 rings (SSSR count). The Balaban J connectivity index is 1.33. The molecular formula is C22H25N3O4. The van der Waals surface area contributed by atoms with Crippen LogP contribution in [0.2, 0.25) is 0 Å².